The molecule has 1 heterocycles. The zero-order chi connectivity index (χ0) is 13.0. The minimum atomic E-state index is -0.476. The van der Waals surface area contributed by atoms with Gasteiger partial charge in [0.25, 0.3) is 0 Å². The number of rotatable bonds is 2. The van der Waals surface area contributed by atoms with Crippen LogP contribution in [0.25, 0.3) is 0 Å². The van der Waals surface area contributed by atoms with Crippen LogP contribution in [0.4, 0.5) is 4.79 Å². The van der Waals surface area contributed by atoms with E-state index in [0.717, 1.165) is 19.5 Å². The summed E-state index contributed by atoms with van der Waals surface area (Å²) < 4.78 is 4.56. The summed E-state index contributed by atoms with van der Waals surface area (Å²) in [4.78, 5) is 26.3. The topological polar surface area (TPSA) is 49.9 Å². The first-order valence-electron chi connectivity index (χ1n) is 6.00. The molecule has 1 saturated heterocycles. The molecule has 0 spiro atoms. The van der Waals surface area contributed by atoms with E-state index >= 15 is 0 Å². The van der Waals surface area contributed by atoms with E-state index in [1.807, 2.05) is 4.90 Å². The largest absolute Gasteiger partial charge is 0.453 e. The fourth-order valence-corrected chi connectivity index (χ4v) is 2.39. The Hall–Kier alpha value is -1.26. The number of carbonyl (C=O) groups excluding carboxylic acids is 2. The Morgan fingerprint density at radius 3 is 2.29 bits per heavy atom. The maximum absolute atomic E-state index is 12.0. The number of piperidine rings is 1. The Morgan fingerprint density at radius 2 is 1.82 bits per heavy atom. The second kappa shape index (κ2) is 5.89. The van der Waals surface area contributed by atoms with Crippen LogP contribution in [0, 0.1) is 11.8 Å². The number of hydrogen-bond acceptors (Lipinski definition) is 3. The molecule has 0 aliphatic carbocycles. The first-order chi connectivity index (χ1) is 7.93. The van der Waals surface area contributed by atoms with Crippen LogP contribution >= 0.6 is 0 Å². The first-order valence-corrected chi connectivity index (χ1v) is 6.00. The van der Waals surface area contributed by atoms with Gasteiger partial charge in [0, 0.05) is 20.1 Å². The Labute approximate surface area is 103 Å². The lowest BCUT2D eigenvalue weighted by Crippen LogP contribution is -2.47. The summed E-state index contributed by atoms with van der Waals surface area (Å²) in [7, 11) is 2.88. The quantitative estimate of drug-likeness (QED) is 0.731. The van der Waals surface area contributed by atoms with Crippen molar-refractivity contribution >= 4 is 12.0 Å². The van der Waals surface area contributed by atoms with Gasteiger partial charge in [0.2, 0.25) is 5.91 Å². The summed E-state index contributed by atoms with van der Waals surface area (Å²) in [5, 5.41) is 0. The number of amides is 2. The predicted molar refractivity (Wildman–Crippen MR) is 64.6 cm³/mol. The number of likely N-dealkylation sites (N-methyl/N-ethyl adjacent to an activating group) is 1. The van der Waals surface area contributed by atoms with Crippen LogP contribution in [-0.4, -0.2) is 55.6 Å². The van der Waals surface area contributed by atoms with Gasteiger partial charge in [-0.25, -0.2) is 4.79 Å². The van der Waals surface area contributed by atoms with Gasteiger partial charge in [0.05, 0.1) is 7.11 Å². The lowest BCUT2D eigenvalue weighted by atomic mass is 9.92. The van der Waals surface area contributed by atoms with Crippen molar-refractivity contribution in [3.05, 3.63) is 0 Å². The molecule has 0 aromatic rings. The molecule has 2 atom stereocenters. The van der Waals surface area contributed by atoms with Crippen molar-refractivity contribution in [1.29, 1.82) is 0 Å². The highest BCUT2D eigenvalue weighted by Crippen LogP contribution is 2.20. The maximum atomic E-state index is 12.0. The van der Waals surface area contributed by atoms with Crippen LogP contribution in [0.3, 0.4) is 0 Å². The Morgan fingerprint density at radius 1 is 1.29 bits per heavy atom. The number of nitrogens with zero attached hydrogens (tertiary/aromatic N) is 2. The standard InChI is InChI=1S/C12H22N2O3/c1-9-5-10(2)7-14(6-9)11(15)8-13(3)12(16)17-4/h9-10H,5-8H2,1-4H3/t9-,10+. The minimum Gasteiger partial charge on any atom is -0.453 e. The molecule has 1 aliphatic heterocycles. The summed E-state index contributed by atoms with van der Waals surface area (Å²) >= 11 is 0. The van der Waals surface area contributed by atoms with Crippen molar-refractivity contribution in [3.8, 4) is 0 Å². The zero-order valence-corrected chi connectivity index (χ0v) is 11.1. The van der Waals surface area contributed by atoms with Crippen molar-refractivity contribution in [2.24, 2.45) is 11.8 Å². The Kier molecular flexibility index (Phi) is 4.78. The van der Waals surface area contributed by atoms with E-state index in [9.17, 15) is 9.59 Å². The molecule has 0 bridgehead atoms. The summed E-state index contributed by atoms with van der Waals surface area (Å²) in [6.45, 7) is 5.97. The van der Waals surface area contributed by atoms with E-state index in [4.69, 9.17) is 0 Å². The lowest BCUT2D eigenvalue weighted by molar-refractivity contribution is -0.134. The highest BCUT2D eigenvalue weighted by molar-refractivity contribution is 5.82. The Balaban J connectivity index is 2.49. The average Bonchev–Trinajstić information content (AvgIpc) is 2.26. The summed E-state index contributed by atoms with van der Waals surface area (Å²) in [5.74, 6) is 1.06. The third-order valence-electron chi connectivity index (χ3n) is 3.08. The molecule has 98 valence electrons. The van der Waals surface area contributed by atoms with Crippen molar-refractivity contribution in [1.82, 2.24) is 9.80 Å². The van der Waals surface area contributed by atoms with Gasteiger partial charge in [0.1, 0.15) is 6.54 Å². The van der Waals surface area contributed by atoms with Gasteiger partial charge < -0.3 is 14.5 Å². The first kappa shape index (κ1) is 13.8. The predicted octanol–water partition coefficient (Wildman–Crippen LogP) is 1.19. The van der Waals surface area contributed by atoms with Gasteiger partial charge in [-0.05, 0) is 18.3 Å². The molecule has 1 rings (SSSR count). The lowest BCUT2D eigenvalue weighted by Gasteiger charge is -2.35. The van der Waals surface area contributed by atoms with E-state index in [0.29, 0.717) is 11.8 Å². The molecule has 0 N–H and O–H groups in total. The van der Waals surface area contributed by atoms with Crippen LogP contribution in [0.5, 0.6) is 0 Å². The van der Waals surface area contributed by atoms with Gasteiger partial charge >= 0.3 is 6.09 Å². The van der Waals surface area contributed by atoms with E-state index in [1.165, 1.54) is 12.0 Å². The van der Waals surface area contributed by atoms with Crippen LogP contribution in [0.15, 0.2) is 0 Å². The van der Waals surface area contributed by atoms with Gasteiger partial charge in [-0.1, -0.05) is 13.8 Å². The summed E-state index contributed by atoms with van der Waals surface area (Å²) in [6, 6.07) is 0. The second-order valence-corrected chi connectivity index (χ2v) is 5.07. The highest BCUT2D eigenvalue weighted by Gasteiger charge is 2.26. The third-order valence-corrected chi connectivity index (χ3v) is 3.08. The molecule has 0 unspecified atom stereocenters. The van der Waals surface area contributed by atoms with Crippen LogP contribution in [0.2, 0.25) is 0 Å². The molecule has 1 aliphatic rings. The van der Waals surface area contributed by atoms with Gasteiger partial charge in [0.15, 0.2) is 0 Å². The van der Waals surface area contributed by atoms with E-state index in [1.54, 1.807) is 7.05 Å². The van der Waals surface area contributed by atoms with E-state index in [-0.39, 0.29) is 12.5 Å². The fourth-order valence-electron chi connectivity index (χ4n) is 2.39. The number of ether oxygens (including phenoxy) is 1. The zero-order valence-electron chi connectivity index (χ0n) is 11.1. The monoisotopic (exact) mass is 242 g/mol. The second-order valence-electron chi connectivity index (χ2n) is 5.07. The number of likely N-dealkylation sites (tertiary alicyclic amines) is 1. The van der Waals surface area contributed by atoms with Gasteiger partial charge in [-0.3, -0.25) is 4.79 Å². The van der Waals surface area contributed by atoms with Crippen LogP contribution < -0.4 is 0 Å². The molecule has 0 saturated carbocycles. The van der Waals surface area contributed by atoms with Crippen molar-refractivity contribution in [2.75, 3.05) is 33.8 Å². The fraction of sp³-hybridized carbons (Fsp3) is 0.833. The highest BCUT2D eigenvalue weighted by atomic mass is 16.5. The molecular formula is C12H22N2O3. The molecule has 0 radical (unpaired) electrons. The molecule has 5 heteroatoms. The molecule has 2 amide bonds. The van der Waals surface area contributed by atoms with Gasteiger partial charge in [-0.2, -0.15) is 0 Å². The smallest absolute Gasteiger partial charge is 0.409 e. The SMILES string of the molecule is COC(=O)N(C)CC(=O)N1C[C@H](C)C[C@H](C)C1. The van der Waals surface area contributed by atoms with Crippen LogP contribution in [0.1, 0.15) is 20.3 Å². The molecule has 0 aromatic heterocycles. The number of carbonyl (C=O) groups is 2. The van der Waals surface area contributed by atoms with E-state index < -0.39 is 6.09 Å². The summed E-state index contributed by atoms with van der Waals surface area (Å²) in [5.41, 5.74) is 0. The third kappa shape index (κ3) is 3.91. The molecule has 1 fully saturated rings. The molecular weight excluding hydrogens is 220 g/mol. The van der Waals surface area contributed by atoms with Crippen molar-refractivity contribution in [2.45, 2.75) is 20.3 Å². The maximum Gasteiger partial charge on any atom is 0.409 e. The normalized spacial score (nSPS) is 24.4. The van der Waals surface area contributed by atoms with Crippen molar-refractivity contribution < 1.29 is 14.3 Å². The molecule has 0 aromatic carbocycles. The Bertz CT molecular complexity index is 283. The average molecular weight is 242 g/mol. The molecule has 17 heavy (non-hydrogen) atoms. The van der Waals surface area contributed by atoms with E-state index in [2.05, 4.69) is 18.6 Å². The van der Waals surface area contributed by atoms with Crippen molar-refractivity contribution in [3.63, 3.8) is 0 Å². The van der Waals surface area contributed by atoms with Crippen LogP contribution in [-0.2, 0) is 9.53 Å². The number of hydrogen-bond donors (Lipinski definition) is 0. The van der Waals surface area contributed by atoms with Gasteiger partial charge in [-0.15, -0.1) is 0 Å². The number of methoxy groups -OCH3 is 1. The summed E-state index contributed by atoms with van der Waals surface area (Å²) in [6.07, 6.45) is 0.688. The minimum absolute atomic E-state index is 0.00343. The molecule has 5 nitrogen and oxygen atoms in total.